The Labute approximate surface area is 112 Å². The third kappa shape index (κ3) is 4.00. The molecule has 1 rings (SSSR count). The van der Waals surface area contributed by atoms with Crippen molar-refractivity contribution in [2.45, 2.75) is 30.7 Å². The van der Waals surface area contributed by atoms with Crippen molar-refractivity contribution in [3.05, 3.63) is 34.4 Å². The molecule has 0 fully saturated rings. The molecule has 1 N–H and O–H groups in total. The Kier molecular flexibility index (Phi) is 5.44. The van der Waals surface area contributed by atoms with E-state index in [-0.39, 0.29) is 22.4 Å². The lowest BCUT2D eigenvalue weighted by Crippen LogP contribution is -2.33. The van der Waals surface area contributed by atoms with E-state index in [9.17, 15) is 18.5 Å². The average molecular weight is 286 g/mol. The smallest absolute Gasteiger partial charge is 0.287 e. The van der Waals surface area contributed by atoms with Gasteiger partial charge >= 0.3 is 0 Å². The van der Waals surface area contributed by atoms with E-state index in [1.165, 1.54) is 24.3 Å². The Morgan fingerprint density at radius 3 is 2.53 bits per heavy atom. The largest absolute Gasteiger partial charge is 0.316 e. The lowest BCUT2D eigenvalue weighted by Gasteiger charge is -2.15. The first-order valence-electron chi connectivity index (χ1n) is 6.05. The highest BCUT2D eigenvalue weighted by atomic mass is 32.2. The van der Waals surface area contributed by atoms with Crippen molar-refractivity contribution >= 4 is 15.5 Å². The fourth-order valence-corrected chi connectivity index (χ4v) is 3.67. The quantitative estimate of drug-likeness (QED) is 0.609. The fraction of sp³-hybridized carbons (Fsp3) is 0.500. The van der Waals surface area contributed by atoms with E-state index in [0.717, 1.165) is 6.42 Å². The maximum atomic E-state index is 12.3. The van der Waals surface area contributed by atoms with Crippen LogP contribution in [0.4, 0.5) is 5.69 Å². The zero-order valence-corrected chi connectivity index (χ0v) is 11.8. The summed E-state index contributed by atoms with van der Waals surface area (Å²) in [6, 6.07) is 5.25. The lowest BCUT2D eigenvalue weighted by molar-refractivity contribution is -0.387. The van der Waals surface area contributed by atoms with Gasteiger partial charge in [0, 0.05) is 12.1 Å². The number of nitrogens with one attached hydrogen (secondary N) is 1. The summed E-state index contributed by atoms with van der Waals surface area (Å²) in [6.45, 7) is 1.96. The van der Waals surface area contributed by atoms with Crippen LogP contribution in [-0.2, 0) is 9.84 Å². The molecule has 0 saturated heterocycles. The highest BCUT2D eigenvalue weighted by molar-refractivity contribution is 7.91. The van der Waals surface area contributed by atoms with Gasteiger partial charge in [-0.15, -0.1) is 0 Å². The summed E-state index contributed by atoms with van der Waals surface area (Å²) in [6.07, 6.45) is 1.55. The van der Waals surface area contributed by atoms with Gasteiger partial charge in [-0.05, 0) is 19.5 Å². The van der Waals surface area contributed by atoms with Gasteiger partial charge < -0.3 is 5.32 Å². The molecule has 0 amide bonds. The molecule has 1 aromatic rings. The van der Waals surface area contributed by atoms with Crippen molar-refractivity contribution in [1.29, 1.82) is 0 Å². The van der Waals surface area contributed by atoms with Crippen LogP contribution in [0.5, 0.6) is 0 Å². The predicted octanol–water partition coefficient (Wildman–Crippen LogP) is 1.76. The molecule has 7 heteroatoms. The van der Waals surface area contributed by atoms with E-state index in [0.29, 0.717) is 6.42 Å². The molecule has 0 aliphatic carbocycles. The van der Waals surface area contributed by atoms with Crippen molar-refractivity contribution in [2.24, 2.45) is 0 Å². The molecule has 1 aromatic carbocycles. The minimum Gasteiger partial charge on any atom is -0.316 e. The summed E-state index contributed by atoms with van der Waals surface area (Å²) in [4.78, 5) is 10.00. The maximum Gasteiger partial charge on any atom is 0.287 e. The number of benzene rings is 1. The van der Waals surface area contributed by atoms with Crippen molar-refractivity contribution in [3.63, 3.8) is 0 Å². The number of nitro groups is 1. The molecule has 0 aliphatic rings. The average Bonchev–Trinajstić information content (AvgIpc) is 2.38. The van der Waals surface area contributed by atoms with Crippen LogP contribution in [0.15, 0.2) is 29.2 Å². The second-order valence-electron chi connectivity index (χ2n) is 4.28. The molecule has 0 bridgehead atoms. The number of sulfone groups is 1. The van der Waals surface area contributed by atoms with Gasteiger partial charge in [0.15, 0.2) is 9.84 Å². The monoisotopic (exact) mass is 286 g/mol. The van der Waals surface area contributed by atoms with Gasteiger partial charge in [0.05, 0.1) is 10.7 Å². The van der Waals surface area contributed by atoms with Gasteiger partial charge in [0.1, 0.15) is 4.90 Å². The number of rotatable bonds is 7. The van der Waals surface area contributed by atoms with Crippen LogP contribution >= 0.6 is 0 Å². The fourth-order valence-electron chi connectivity index (χ4n) is 1.89. The van der Waals surface area contributed by atoms with Crippen LogP contribution < -0.4 is 5.32 Å². The highest BCUT2D eigenvalue weighted by Crippen LogP contribution is 2.24. The van der Waals surface area contributed by atoms with Crippen LogP contribution in [0.25, 0.3) is 0 Å². The molecule has 19 heavy (non-hydrogen) atoms. The number of hydrogen-bond donors (Lipinski definition) is 1. The van der Waals surface area contributed by atoms with Crippen LogP contribution in [-0.4, -0.2) is 32.2 Å². The van der Waals surface area contributed by atoms with Crippen molar-refractivity contribution in [3.8, 4) is 0 Å². The molecule has 0 radical (unpaired) electrons. The molecule has 1 unspecified atom stereocenters. The van der Waals surface area contributed by atoms with E-state index < -0.39 is 14.8 Å². The first-order valence-corrected chi connectivity index (χ1v) is 7.71. The minimum atomic E-state index is -3.67. The number of para-hydroxylation sites is 1. The lowest BCUT2D eigenvalue weighted by atomic mass is 10.2. The van der Waals surface area contributed by atoms with Gasteiger partial charge in [0.2, 0.25) is 0 Å². The third-order valence-corrected chi connectivity index (χ3v) is 4.72. The van der Waals surface area contributed by atoms with E-state index in [1.807, 2.05) is 6.92 Å². The van der Waals surface area contributed by atoms with Gasteiger partial charge in [-0.3, -0.25) is 10.1 Å². The molecule has 106 valence electrons. The molecule has 1 atom stereocenters. The molecule has 0 aliphatic heterocycles. The summed E-state index contributed by atoms with van der Waals surface area (Å²) >= 11 is 0. The summed E-state index contributed by atoms with van der Waals surface area (Å²) < 4.78 is 24.5. The molecule has 0 heterocycles. The zero-order chi connectivity index (χ0) is 14.5. The minimum absolute atomic E-state index is 0.137. The molecular weight excluding hydrogens is 268 g/mol. The van der Waals surface area contributed by atoms with Crippen molar-refractivity contribution < 1.29 is 13.3 Å². The molecule has 6 nitrogen and oxygen atoms in total. The van der Waals surface area contributed by atoms with Gasteiger partial charge in [0.25, 0.3) is 5.69 Å². The standard InChI is InChI=1S/C12H18N2O4S/c1-3-6-10(13-2)9-19(17,18)12-8-5-4-7-11(12)14(15)16/h4-5,7-8,10,13H,3,6,9H2,1-2H3. The van der Waals surface area contributed by atoms with Crippen molar-refractivity contribution in [1.82, 2.24) is 5.32 Å². The Bertz CT molecular complexity index is 542. The van der Waals surface area contributed by atoms with Crippen LogP contribution in [0.2, 0.25) is 0 Å². The molecule has 0 spiro atoms. The van der Waals surface area contributed by atoms with E-state index in [4.69, 9.17) is 0 Å². The summed E-state index contributed by atoms with van der Waals surface area (Å²) in [5.74, 6) is -0.137. The molecule has 0 saturated carbocycles. The topological polar surface area (TPSA) is 89.3 Å². The highest BCUT2D eigenvalue weighted by Gasteiger charge is 2.27. The van der Waals surface area contributed by atoms with Gasteiger partial charge in [-0.1, -0.05) is 25.5 Å². The number of hydrogen-bond acceptors (Lipinski definition) is 5. The van der Waals surface area contributed by atoms with Crippen LogP contribution in [0, 0.1) is 10.1 Å². The Morgan fingerprint density at radius 1 is 1.37 bits per heavy atom. The van der Waals surface area contributed by atoms with E-state index in [2.05, 4.69) is 5.32 Å². The second-order valence-corrected chi connectivity index (χ2v) is 6.28. The Hall–Kier alpha value is -1.47. The normalized spacial score (nSPS) is 13.2. The van der Waals surface area contributed by atoms with E-state index in [1.54, 1.807) is 7.05 Å². The summed E-state index contributed by atoms with van der Waals surface area (Å²) in [5, 5.41) is 13.8. The maximum absolute atomic E-state index is 12.3. The predicted molar refractivity (Wildman–Crippen MR) is 72.9 cm³/mol. The van der Waals surface area contributed by atoms with Gasteiger partial charge in [-0.2, -0.15) is 0 Å². The third-order valence-electron chi connectivity index (χ3n) is 2.86. The van der Waals surface area contributed by atoms with Gasteiger partial charge in [-0.25, -0.2) is 8.42 Å². The zero-order valence-electron chi connectivity index (χ0n) is 11.0. The van der Waals surface area contributed by atoms with E-state index >= 15 is 0 Å². The first-order chi connectivity index (χ1) is 8.92. The number of nitrogens with zero attached hydrogens (tertiary/aromatic N) is 1. The van der Waals surface area contributed by atoms with Crippen LogP contribution in [0.3, 0.4) is 0 Å². The second kappa shape index (κ2) is 6.63. The SMILES string of the molecule is CCCC(CS(=O)(=O)c1ccccc1[N+](=O)[O-])NC. The van der Waals surface area contributed by atoms with Crippen molar-refractivity contribution in [2.75, 3.05) is 12.8 Å². The molecule has 0 aromatic heterocycles. The van der Waals surface area contributed by atoms with Crippen LogP contribution in [0.1, 0.15) is 19.8 Å². The summed E-state index contributed by atoms with van der Waals surface area (Å²) in [5.41, 5.74) is -0.367. The molecular formula is C12H18N2O4S. The number of nitro benzene ring substituents is 1. The summed E-state index contributed by atoms with van der Waals surface area (Å²) in [7, 11) is -1.98. The Morgan fingerprint density at radius 2 is 2.00 bits per heavy atom. The first kappa shape index (κ1) is 15.6. The Balaban J connectivity index is 3.10.